The van der Waals surface area contributed by atoms with Gasteiger partial charge in [-0.25, -0.2) is 0 Å². The maximum Gasteiger partial charge on any atom is 0.169 e. The van der Waals surface area contributed by atoms with Crippen LogP contribution in [0.25, 0.3) is 5.57 Å². The lowest BCUT2D eigenvalue weighted by atomic mass is 9.80. The second-order valence-electron chi connectivity index (χ2n) is 5.18. The van der Waals surface area contributed by atoms with Gasteiger partial charge in [0.05, 0.1) is 12.0 Å². The summed E-state index contributed by atoms with van der Waals surface area (Å²) in [6.45, 7) is 0. The summed E-state index contributed by atoms with van der Waals surface area (Å²) in [5.41, 5.74) is 1.71. The molecule has 3 heteroatoms. The summed E-state index contributed by atoms with van der Waals surface area (Å²) in [5, 5.41) is 0. The van der Waals surface area contributed by atoms with Gasteiger partial charge in [-0.1, -0.05) is 36.4 Å². The maximum absolute atomic E-state index is 12.4. The molecule has 2 fully saturated rings. The van der Waals surface area contributed by atoms with Crippen LogP contribution < -0.4 is 0 Å². The van der Waals surface area contributed by atoms with E-state index in [1.54, 1.807) is 0 Å². The average Bonchev–Trinajstić information content (AvgIpc) is 3.02. The molecule has 1 aliphatic carbocycles. The third-order valence-corrected chi connectivity index (χ3v) is 4.22. The van der Waals surface area contributed by atoms with Crippen molar-refractivity contribution in [3.8, 4) is 0 Å². The van der Waals surface area contributed by atoms with Crippen LogP contribution in [0.15, 0.2) is 36.4 Å². The summed E-state index contributed by atoms with van der Waals surface area (Å²) in [4.78, 5) is 24.1. The van der Waals surface area contributed by atoms with Gasteiger partial charge in [0.1, 0.15) is 6.10 Å². The van der Waals surface area contributed by atoms with Crippen LogP contribution in [0.2, 0.25) is 0 Å². The van der Waals surface area contributed by atoms with E-state index in [9.17, 15) is 9.59 Å². The lowest BCUT2D eigenvalue weighted by Crippen LogP contribution is -2.34. The maximum atomic E-state index is 12.4. The van der Waals surface area contributed by atoms with E-state index < -0.39 is 6.10 Å². The molecule has 0 saturated carbocycles. The normalized spacial score (nSPS) is 37.0. The van der Waals surface area contributed by atoms with E-state index in [0.717, 1.165) is 11.1 Å². The molecule has 90 valence electrons. The Hall–Kier alpha value is -1.74. The van der Waals surface area contributed by atoms with Crippen molar-refractivity contribution in [1.29, 1.82) is 0 Å². The average molecular weight is 240 g/mol. The molecule has 2 bridgehead atoms. The van der Waals surface area contributed by atoms with Crippen LogP contribution >= 0.6 is 0 Å². The Morgan fingerprint density at radius 3 is 2.67 bits per heavy atom. The number of rotatable bonds is 1. The molecule has 1 aromatic carbocycles. The number of carbonyl (C=O) groups excluding carboxylic acids is 2. The number of Topliss-reactive ketones (excluding diaryl/α,β-unsaturated/α-hetero) is 2. The first-order valence-corrected chi connectivity index (χ1v) is 6.25. The molecule has 0 N–H and O–H groups in total. The van der Waals surface area contributed by atoms with Crippen molar-refractivity contribution in [1.82, 2.24) is 0 Å². The summed E-state index contributed by atoms with van der Waals surface area (Å²) in [7, 11) is 0. The molecular formula is C15H12O3. The van der Waals surface area contributed by atoms with Gasteiger partial charge in [0, 0.05) is 17.9 Å². The fourth-order valence-electron chi connectivity index (χ4n) is 3.41. The largest absolute Gasteiger partial charge is 0.365 e. The predicted octanol–water partition coefficient (Wildman–Crippen LogP) is 1.63. The van der Waals surface area contributed by atoms with Crippen molar-refractivity contribution in [2.24, 2.45) is 11.8 Å². The van der Waals surface area contributed by atoms with Crippen LogP contribution in [-0.4, -0.2) is 23.8 Å². The monoisotopic (exact) mass is 240 g/mol. The van der Waals surface area contributed by atoms with E-state index >= 15 is 0 Å². The number of fused-ring (bicyclic) bond motifs is 5. The van der Waals surface area contributed by atoms with Gasteiger partial charge >= 0.3 is 0 Å². The van der Waals surface area contributed by atoms with Gasteiger partial charge in [-0.2, -0.15) is 0 Å². The predicted molar refractivity (Wildman–Crippen MR) is 64.7 cm³/mol. The van der Waals surface area contributed by atoms with Gasteiger partial charge in [0.25, 0.3) is 0 Å². The van der Waals surface area contributed by atoms with Crippen LogP contribution in [0.4, 0.5) is 0 Å². The van der Waals surface area contributed by atoms with E-state index in [2.05, 4.69) is 0 Å². The molecule has 0 radical (unpaired) electrons. The van der Waals surface area contributed by atoms with E-state index in [1.807, 2.05) is 36.4 Å². The van der Waals surface area contributed by atoms with Crippen molar-refractivity contribution < 1.29 is 14.3 Å². The molecule has 3 nitrogen and oxygen atoms in total. The standard InChI is InChI=1S/C15H12O3/c16-11-7-12-10-6-9(8-4-2-1-3-5-8)14(17)13(10)15(11)18-12/h1-6,10,12-13,15H,7H2/t10-,12-,13+,15+/m0/s1. The molecule has 0 amide bonds. The van der Waals surface area contributed by atoms with E-state index in [1.165, 1.54) is 0 Å². The Kier molecular flexibility index (Phi) is 1.92. The molecule has 1 aromatic rings. The smallest absolute Gasteiger partial charge is 0.169 e. The highest BCUT2D eigenvalue weighted by molar-refractivity contribution is 6.25. The summed E-state index contributed by atoms with van der Waals surface area (Å²) in [6.07, 6.45) is 1.93. The molecule has 2 heterocycles. The van der Waals surface area contributed by atoms with Crippen molar-refractivity contribution in [3.05, 3.63) is 42.0 Å². The quantitative estimate of drug-likeness (QED) is 0.749. The van der Waals surface area contributed by atoms with Crippen LogP contribution in [-0.2, 0) is 14.3 Å². The van der Waals surface area contributed by atoms with Gasteiger partial charge in [0.15, 0.2) is 11.6 Å². The minimum atomic E-state index is -0.482. The third-order valence-electron chi connectivity index (χ3n) is 4.22. The molecule has 0 unspecified atom stereocenters. The first-order chi connectivity index (χ1) is 8.75. The van der Waals surface area contributed by atoms with E-state index in [4.69, 9.17) is 4.74 Å². The van der Waals surface area contributed by atoms with Gasteiger partial charge < -0.3 is 4.74 Å². The highest BCUT2D eigenvalue weighted by atomic mass is 16.5. The number of ether oxygens (including phenoxy) is 1. The number of allylic oxidation sites excluding steroid dienone is 1. The Balaban J connectivity index is 1.75. The molecular weight excluding hydrogens is 228 g/mol. The molecule has 4 rings (SSSR count). The molecule has 0 spiro atoms. The fourth-order valence-corrected chi connectivity index (χ4v) is 3.41. The Bertz CT molecular complexity index is 573. The summed E-state index contributed by atoms with van der Waals surface area (Å²) in [6, 6.07) is 9.66. The molecule has 18 heavy (non-hydrogen) atoms. The number of hydrogen-bond donors (Lipinski definition) is 0. The van der Waals surface area contributed by atoms with Gasteiger partial charge in [-0.15, -0.1) is 0 Å². The summed E-state index contributed by atoms with van der Waals surface area (Å²) >= 11 is 0. The molecule has 2 aliphatic heterocycles. The second kappa shape index (κ2) is 3.39. The second-order valence-corrected chi connectivity index (χ2v) is 5.18. The van der Waals surface area contributed by atoms with E-state index in [0.29, 0.717) is 6.42 Å². The highest BCUT2D eigenvalue weighted by Gasteiger charge is 2.58. The van der Waals surface area contributed by atoms with E-state index in [-0.39, 0.29) is 29.5 Å². The fraction of sp³-hybridized carbons (Fsp3) is 0.333. The van der Waals surface area contributed by atoms with Crippen LogP contribution in [0.3, 0.4) is 0 Å². The number of ketones is 2. The highest BCUT2D eigenvalue weighted by Crippen LogP contribution is 2.49. The van der Waals surface area contributed by atoms with Crippen molar-refractivity contribution in [2.45, 2.75) is 18.6 Å². The lowest BCUT2D eigenvalue weighted by molar-refractivity contribution is -0.129. The molecule has 4 atom stereocenters. The molecule has 3 aliphatic rings. The Morgan fingerprint density at radius 1 is 1.11 bits per heavy atom. The Morgan fingerprint density at radius 2 is 1.89 bits per heavy atom. The minimum absolute atomic E-state index is 0.0716. The van der Waals surface area contributed by atoms with Gasteiger partial charge in [-0.3, -0.25) is 9.59 Å². The first-order valence-electron chi connectivity index (χ1n) is 6.25. The summed E-state index contributed by atoms with van der Waals surface area (Å²) < 4.78 is 5.59. The summed E-state index contributed by atoms with van der Waals surface area (Å²) in [5.74, 6) is 0.0194. The van der Waals surface area contributed by atoms with Crippen LogP contribution in [0.1, 0.15) is 12.0 Å². The van der Waals surface area contributed by atoms with Gasteiger partial charge in [-0.05, 0) is 5.56 Å². The topological polar surface area (TPSA) is 43.4 Å². The first kappa shape index (κ1) is 10.2. The van der Waals surface area contributed by atoms with Crippen molar-refractivity contribution in [2.75, 3.05) is 0 Å². The zero-order valence-corrected chi connectivity index (χ0v) is 9.71. The SMILES string of the molecule is O=C1C(c2ccccc2)=C[C@@H]2[C@H]1[C@@H]1O[C@H]2CC1=O. The molecule has 0 aromatic heterocycles. The van der Waals surface area contributed by atoms with Crippen molar-refractivity contribution in [3.63, 3.8) is 0 Å². The van der Waals surface area contributed by atoms with Crippen LogP contribution in [0.5, 0.6) is 0 Å². The number of benzene rings is 1. The zero-order chi connectivity index (χ0) is 12.3. The Labute approximate surface area is 104 Å². The van der Waals surface area contributed by atoms with Crippen molar-refractivity contribution >= 4 is 17.1 Å². The number of hydrogen-bond acceptors (Lipinski definition) is 3. The minimum Gasteiger partial charge on any atom is -0.365 e. The number of carbonyl (C=O) groups is 2. The van der Waals surface area contributed by atoms with Crippen LogP contribution in [0, 0.1) is 11.8 Å². The van der Waals surface area contributed by atoms with Gasteiger partial charge in [0.2, 0.25) is 0 Å². The molecule has 2 saturated heterocycles. The lowest BCUT2D eigenvalue weighted by Gasteiger charge is -2.17. The zero-order valence-electron chi connectivity index (χ0n) is 9.71. The third kappa shape index (κ3) is 1.17.